The molecule has 4 atom stereocenters. The van der Waals surface area contributed by atoms with Crippen molar-refractivity contribution in [2.45, 2.75) is 56.3 Å². The zero-order chi connectivity index (χ0) is 32.8. The number of hydrogen-bond donors (Lipinski definition) is 1. The number of ether oxygens (including phenoxy) is 2. The van der Waals surface area contributed by atoms with Gasteiger partial charge in [-0.1, -0.05) is 17.7 Å². The number of nitriles is 1. The van der Waals surface area contributed by atoms with E-state index in [2.05, 4.69) is 14.9 Å². The number of nitrogens with two attached hydrogens (primary N) is 1. The van der Waals surface area contributed by atoms with Crippen LogP contribution in [0.25, 0.3) is 32.1 Å². The molecule has 2 N–H and O–H groups in total. The van der Waals surface area contributed by atoms with E-state index in [1.165, 1.54) is 6.07 Å². The van der Waals surface area contributed by atoms with Crippen LogP contribution in [-0.2, 0) is 0 Å². The second-order valence-corrected chi connectivity index (χ2v) is 14.1. The first kappa shape index (κ1) is 30.7. The largest absolute Gasteiger partial charge is 0.491 e. The van der Waals surface area contributed by atoms with E-state index in [0.29, 0.717) is 6.54 Å². The fourth-order valence-corrected chi connectivity index (χ4v) is 9.40. The Labute approximate surface area is 274 Å². The molecule has 4 aliphatic rings. The summed E-state index contributed by atoms with van der Waals surface area (Å²) in [6, 6.07) is 3.61. The molecule has 0 aliphatic carbocycles. The molecule has 4 aliphatic heterocycles. The summed E-state index contributed by atoms with van der Waals surface area (Å²) in [5, 5.41) is 9.97. The summed E-state index contributed by atoms with van der Waals surface area (Å²) in [5.41, 5.74) is 5.16. The van der Waals surface area contributed by atoms with Crippen LogP contribution >= 0.6 is 22.9 Å². The van der Waals surface area contributed by atoms with Crippen molar-refractivity contribution in [3.63, 3.8) is 0 Å². The highest BCUT2D eigenvalue weighted by atomic mass is 35.5. The van der Waals surface area contributed by atoms with Crippen molar-refractivity contribution in [2.24, 2.45) is 5.92 Å². The SMILES string of the molecule is N#Cc1c(N)sc2c(F)ccc(-c3c(Cl)c4c5c(nc(OCC67CCCN6C[C@H](F)C7)nc5c3F)N3CCC(C(F)F)C3CCO4)c12. The lowest BCUT2D eigenvalue weighted by Crippen LogP contribution is -2.43. The van der Waals surface area contributed by atoms with Gasteiger partial charge in [0.25, 0.3) is 0 Å². The number of fused-ring (bicyclic) bond motifs is 4. The number of nitrogen functional groups attached to an aromatic ring is 1. The van der Waals surface area contributed by atoms with Gasteiger partial charge in [0, 0.05) is 48.8 Å². The van der Waals surface area contributed by atoms with Crippen LogP contribution in [0.15, 0.2) is 12.1 Å². The molecule has 2 aromatic heterocycles. The van der Waals surface area contributed by atoms with E-state index in [1.54, 1.807) is 4.90 Å². The Hall–Kier alpha value is -3.67. The van der Waals surface area contributed by atoms with Gasteiger partial charge in [-0.3, -0.25) is 4.90 Å². The highest BCUT2D eigenvalue weighted by Gasteiger charge is 2.50. The molecule has 0 radical (unpaired) electrons. The maximum Gasteiger partial charge on any atom is 0.319 e. The van der Waals surface area contributed by atoms with Crippen LogP contribution in [0.2, 0.25) is 5.02 Å². The van der Waals surface area contributed by atoms with Crippen molar-refractivity contribution < 1.29 is 31.4 Å². The first-order valence-corrected chi connectivity index (χ1v) is 16.6. The van der Waals surface area contributed by atoms with Crippen molar-refractivity contribution in [3.05, 3.63) is 34.4 Å². The van der Waals surface area contributed by atoms with Gasteiger partial charge in [0.05, 0.1) is 32.8 Å². The van der Waals surface area contributed by atoms with Gasteiger partial charge in [0.1, 0.15) is 41.0 Å². The number of anilines is 2. The molecule has 8 rings (SSSR count). The number of rotatable bonds is 5. The predicted octanol–water partition coefficient (Wildman–Crippen LogP) is 7.09. The minimum atomic E-state index is -2.59. The van der Waals surface area contributed by atoms with Gasteiger partial charge in [0.15, 0.2) is 11.6 Å². The van der Waals surface area contributed by atoms with E-state index in [9.17, 15) is 22.8 Å². The summed E-state index contributed by atoms with van der Waals surface area (Å²) in [6.45, 7) is 1.33. The molecule has 3 saturated heterocycles. The quantitative estimate of drug-likeness (QED) is 0.222. The van der Waals surface area contributed by atoms with E-state index >= 15 is 4.39 Å². The molecule has 15 heteroatoms. The smallest absolute Gasteiger partial charge is 0.319 e. The lowest BCUT2D eigenvalue weighted by Gasteiger charge is -2.33. The summed E-state index contributed by atoms with van der Waals surface area (Å²) in [7, 11) is 0. The molecule has 47 heavy (non-hydrogen) atoms. The van der Waals surface area contributed by atoms with Gasteiger partial charge in [-0.05, 0) is 37.4 Å². The van der Waals surface area contributed by atoms with Crippen molar-refractivity contribution in [3.8, 4) is 29.0 Å². The first-order chi connectivity index (χ1) is 22.6. The zero-order valence-corrected chi connectivity index (χ0v) is 26.4. The Morgan fingerprint density at radius 1 is 1.21 bits per heavy atom. The van der Waals surface area contributed by atoms with Crippen molar-refractivity contribution in [1.82, 2.24) is 14.9 Å². The third-order valence-corrected chi connectivity index (χ3v) is 11.6. The molecule has 0 amide bonds. The van der Waals surface area contributed by atoms with Crippen LogP contribution < -0.4 is 20.1 Å². The van der Waals surface area contributed by atoms with Crippen LogP contribution in [0.3, 0.4) is 0 Å². The van der Waals surface area contributed by atoms with Gasteiger partial charge in [0.2, 0.25) is 6.43 Å². The summed E-state index contributed by atoms with van der Waals surface area (Å²) in [5.74, 6) is -2.32. The van der Waals surface area contributed by atoms with Crippen LogP contribution in [0.4, 0.5) is 32.8 Å². The molecule has 2 aromatic carbocycles. The zero-order valence-electron chi connectivity index (χ0n) is 24.8. The Morgan fingerprint density at radius 2 is 2.04 bits per heavy atom. The fourth-order valence-electron chi connectivity index (χ4n) is 8.12. The van der Waals surface area contributed by atoms with Gasteiger partial charge >= 0.3 is 6.01 Å². The van der Waals surface area contributed by atoms with Crippen LogP contribution in [-0.4, -0.2) is 71.9 Å². The van der Waals surface area contributed by atoms with E-state index < -0.39 is 41.7 Å². The van der Waals surface area contributed by atoms with Crippen LogP contribution in [0, 0.1) is 28.9 Å². The molecule has 246 valence electrons. The third-order valence-electron chi connectivity index (χ3n) is 10.2. The molecule has 4 aromatic rings. The third kappa shape index (κ3) is 4.60. The predicted molar refractivity (Wildman–Crippen MR) is 168 cm³/mol. The van der Waals surface area contributed by atoms with Crippen molar-refractivity contribution in [1.29, 1.82) is 5.26 Å². The molecule has 0 saturated carbocycles. The number of hydrogen-bond acceptors (Lipinski definition) is 9. The molecule has 3 unspecified atom stereocenters. The molecular weight excluding hydrogens is 663 g/mol. The fraction of sp³-hybridized carbons (Fsp3) is 0.469. The normalized spacial score (nSPS) is 25.6. The average Bonchev–Trinajstić information content (AvgIpc) is 3.78. The second-order valence-electron chi connectivity index (χ2n) is 12.7. The number of aromatic nitrogens is 2. The van der Waals surface area contributed by atoms with E-state index in [4.69, 9.17) is 26.8 Å². The topological polar surface area (TPSA) is 101 Å². The van der Waals surface area contributed by atoms with Gasteiger partial charge in [-0.2, -0.15) is 15.2 Å². The summed E-state index contributed by atoms with van der Waals surface area (Å²) >= 11 is 7.81. The standard InChI is InChI=1S/C32H28ClF5N6O2S/c33-23-21(16-2-3-18(35)27-20(16)17(11-39)29(40)47-27)24(36)25-22-26(23)45-9-5-19-15(28(37)38)4-8-44(19)30(22)42-31(41-25)46-13-32-6-1-7-43(32)12-14(34)10-32/h2-3,14-15,19,28H,1,4-10,12-13,40H2/t14-,15?,19?,32?/m1/s1. The van der Waals surface area contributed by atoms with E-state index in [-0.39, 0.29) is 104 Å². The van der Waals surface area contributed by atoms with Gasteiger partial charge in [-0.25, -0.2) is 22.0 Å². The number of halogens is 6. The van der Waals surface area contributed by atoms with Crippen LogP contribution in [0.5, 0.6) is 11.8 Å². The molecule has 0 spiro atoms. The van der Waals surface area contributed by atoms with E-state index in [1.807, 2.05) is 6.07 Å². The molecule has 6 heterocycles. The number of thiophene rings is 1. The molecule has 3 fully saturated rings. The Balaban J connectivity index is 1.35. The number of benzene rings is 2. The Kier molecular flexibility index (Phi) is 7.31. The molecule has 0 bridgehead atoms. The molecular formula is C32H28ClF5N6O2S. The second kappa shape index (κ2) is 11.2. The number of nitrogens with zero attached hydrogens (tertiary/aromatic N) is 5. The maximum absolute atomic E-state index is 17.1. The summed E-state index contributed by atoms with van der Waals surface area (Å²) in [4.78, 5) is 12.9. The molecule has 8 nitrogen and oxygen atoms in total. The highest BCUT2D eigenvalue weighted by Crippen LogP contribution is 2.52. The average molecular weight is 691 g/mol. The summed E-state index contributed by atoms with van der Waals surface area (Å²) < 4.78 is 87.2. The lowest BCUT2D eigenvalue weighted by atomic mass is 9.95. The van der Waals surface area contributed by atoms with Gasteiger partial charge in [-0.15, -0.1) is 11.3 Å². The first-order valence-electron chi connectivity index (χ1n) is 15.4. The maximum atomic E-state index is 17.1. The monoisotopic (exact) mass is 690 g/mol. The van der Waals surface area contributed by atoms with Gasteiger partial charge < -0.3 is 20.1 Å². The van der Waals surface area contributed by atoms with Crippen LogP contribution in [0.1, 0.15) is 37.7 Å². The highest BCUT2D eigenvalue weighted by molar-refractivity contribution is 7.23. The van der Waals surface area contributed by atoms with Crippen molar-refractivity contribution >= 4 is 54.7 Å². The Bertz CT molecular complexity index is 1990. The minimum Gasteiger partial charge on any atom is -0.491 e. The van der Waals surface area contributed by atoms with Crippen molar-refractivity contribution in [2.75, 3.05) is 43.5 Å². The number of alkyl halides is 3. The minimum absolute atomic E-state index is 0.00159. The summed E-state index contributed by atoms with van der Waals surface area (Å²) in [6.07, 6.45) is -1.29. The van der Waals surface area contributed by atoms with E-state index in [0.717, 1.165) is 36.8 Å². The Morgan fingerprint density at radius 3 is 2.83 bits per heavy atom. The lowest BCUT2D eigenvalue weighted by molar-refractivity contribution is 0.0681.